The molecule has 0 saturated carbocycles. The van der Waals surface area contributed by atoms with Crippen LogP contribution in [0, 0.1) is 0 Å². The number of nitrogen functional groups attached to an aromatic ring is 1. The van der Waals surface area contributed by atoms with Crippen molar-refractivity contribution in [2.75, 3.05) is 5.73 Å². The molecule has 0 aliphatic carbocycles. The summed E-state index contributed by atoms with van der Waals surface area (Å²) < 4.78 is 27.1. The molecule has 2 aromatic rings. The van der Waals surface area contributed by atoms with Gasteiger partial charge in [0.1, 0.15) is 0 Å². The molecule has 9 heteroatoms. The zero-order valence-electron chi connectivity index (χ0n) is 9.43. The standard InChI is InChI=1S/C10H9BrClN3O2S2/c11-10-8(13)1-6(12)2-9(10)19(16,17)15-3-7-4-18-5-14-7/h1-2,4-5,15H,3,13H2. The number of aromatic nitrogens is 1. The van der Waals surface area contributed by atoms with Crippen molar-refractivity contribution in [1.29, 1.82) is 0 Å². The minimum absolute atomic E-state index is 0.00716. The van der Waals surface area contributed by atoms with Crippen LogP contribution in [-0.2, 0) is 16.6 Å². The summed E-state index contributed by atoms with van der Waals surface area (Å²) in [5.41, 5.74) is 8.23. The van der Waals surface area contributed by atoms with E-state index in [0.717, 1.165) is 0 Å². The number of nitrogens with two attached hydrogens (primary N) is 1. The highest BCUT2D eigenvalue weighted by molar-refractivity contribution is 9.10. The summed E-state index contributed by atoms with van der Waals surface area (Å²) in [6, 6.07) is 2.82. The van der Waals surface area contributed by atoms with E-state index < -0.39 is 10.0 Å². The molecule has 102 valence electrons. The Labute approximate surface area is 128 Å². The van der Waals surface area contributed by atoms with Crippen molar-refractivity contribution >= 4 is 54.6 Å². The van der Waals surface area contributed by atoms with E-state index in [1.807, 2.05) is 0 Å². The average Bonchev–Trinajstić information content (AvgIpc) is 2.84. The van der Waals surface area contributed by atoms with Crippen molar-refractivity contribution in [3.8, 4) is 0 Å². The highest BCUT2D eigenvalue weighted by Crippen LogP contribution is 2.31. The third-order valence-corrected chi connectivity index (χ3v) is 5.67. The number of halogens is 2. The van der Waals surface area contributed by atoms with E-state index in [9.17, 15) is 8.42 Å². The maximum absolute atomic E-state index is 12.2. The molecule has 0 aliphatic rings. The van der Waals surface area contributed by atoms with Crippen LogP contribution >= 0.6 is 38.9 Å². The molecule has 3 N–H and O–H groups in total. The van der Waals surface area contributed by atoms with Gasteiger partial charge in [0.2, 0.25) is 10.0 Å². The summed E-state index contributed by atoms with van der Waals surface area (Å²) in [5.74, 6) is 0. The zero-order chi connectivity index (χ0) is 14.0. The van der Waals surface area contributed by atoms with Crippen molar-refractivity contribution in [1.82, 2.24) is 9.71 Å². The summed E-state index contributed by atoms with van der Waals surface area (Å²) in [4.78, 5) is 4.01. The summed E-state index contributed by atoms with van der Waals surface area (Å²) in [7, 11) is -3.71. The maximum Gasteiger partial charge on any atom is 0.242 e. The first kappa shape index (κ1) is 14.7. The quantitative estimate of drug-likeness (QED) is 0.796. The summed E-state index contributed by atoms with van der Waals surface area (Å²) in [6.07, 6.45) is 0. The molecule has 0 amide bonds. The molecule has 0 radical (unpaired) electrons. The Balaban J connectivity index is 2.29. The highest BCUT2D eigenvalue weighted by atomic mass is 79.9. The fourth-order valence-corrected chi connectivity index (χ4v) is 4.20. The summed E-state index contributed by atoms with van der Waals surface area (Å²) in [6.45, 7) is 0.116. The maximum atomic E-state index is 12.2. The lowest BCUT2D eigenvalue weighted by Gasteiger charge is -2.10. The molecule has 0 aliphatic heterocycles. The Morgan fingerprint density at radius 2 is 2.21 bits per heavy atom. The number of rotatable bonds is 4. The number of nitrogens with zero attached hydrogens (tertiary/aromatic N) is 1. The second-order valence-corrected chi connectivity index (χ2v) is 7.29. The van der Waals surface area contributed by atoms with Crippen molar-refractivity contribution in [2.45, 2.75) is 11.4 Å². The Hall–Kier alpha value is -0.670. The lowest BCUT2D eigenvalue weighted by atomic mass is 10.3. The Morgan fingerprint density at radius 3 is 2.84 bits per heavy atom. The number of anilines is 1. The normalized spacial score (nSPS) is 11.7. The van der Waals surface area contributed by atoms with Gasteiger partial charge in [-0.2, -0.15) is 0 Å². The molecule has 2 rings (SSSR count). The van der Waals surface area contributed by atoms with Crippen molar-refractivity contribution in [3.63, 3.8) is 0 Å². The van der Waals surface area contributed by atoms with Crippen molar-refractivity contribution < 1.29 is 8.42 Å². The van der Waals surface area contributed by atoms with E-state index >= 15 is 0 Å². The van der Waals surface area contributed by atoms with Gasteiger partial charge in [-0.1, -0.05) is 11.6 Å². The van der Waals surface area contributed by atoms with Gasteiger partial charge >= 0.3 is 0 Å². The van der Waals surface area contributed by atoms with Crippen LogP contribution in [0.4, 0.5) is 5.69 Å². The van der Waals surface area contributed by atoms with Crippen LogP contribution in [0.15, 0.2) is 32.4 Å². The topological polar surface area (TPSA) is 85.1 Å². The lowest BCUT2D eigenvalue weighted by molar-refractivity contribution is 0.580. The second-order valence-electron chi connectivity index (χ2n) is 3.61. The first-order chi connectivity index (χ1) is 8.90. The highest BCUT2D eigenvalue weighted by Gasteiger charge is 2.20. The largest absolute Gasteiger partial charge is 0.398 e. The zero-order valence-corrected chi connectivity index (χ0v) is 13.4. The fraction of sp³-hybridized carbons (Fsp3) is 0.100. The van der Waals surface area contributed by atoms with Crippen LogP contribution in [0.3, 0.4) is 0 Å². The minimum atomic E-state index is -3.71. The predicted octanol–water partition coefficient (Wildman–Crippen LogP) is 2.62. The van der Waals surface area contributed by atoms with Crippen LogP contribution in [0.1, 0.15) is 5.69 Å². The summed E-state index contributed by atoms with van der Waals surface area (Å²) in [5, 5.41) is 2.03. The number of hydrogen-bond acceptors (Lipinski definition) is 5. The van der Waals surface area contributed by atoms with E-state index in [2.05, 4.69) is 25.6 Å². The van der Waals surface area contributed by atoms with E-state index in [1.54, 1.807) is 10.9 Å². The van der Waals surface area contributed by atoms with E-state index in [-0.39, 0.29) is 22.2 Å². The first-order valence-corrected chi connectivity index (χ1v) is 8.61. The molecular formula is C10H9BrClN3O2S2. The number of hydrogen-bond donors (Lipinski definition) is 2. The monoisotopic (exact) mass is 381 g/mol. The van der Waals surface area contributed by atoms with Gasteiger partial charge in [-0.3, -0.25) is 0 Å². The molecule has 1 heterocycles. The number of thiazole rings is 1. The molecule has 1 aromatic heterocycles. The van der Waals surface area contributed by atoms with Crippen molar-refractivity contribution in [3.05, 3.63) is 38.2 Å². The predicted molar refractivity (Wildman–Crippen MR) is 79.7 cm³/mol. The fourth-order valence-electron chi connectivity index (χ4n) is 1.35. The van der Waals surface area contributed by atoms with E-state index in [0.29, 0.717) is 10.2 Å². The van der Waals surface area contributed by atoms with Gasteiger partial charge in [0, 0.05) is 16.1 Å². The molecule has 0 fully saturated rings. The molecule has 19 heavy (non-hydrogen) atoms. The molecule has 1 aromatic carbocycles. The number of sulfonamides is 1. The van der Waals surface area contributed by atoms with Crippen LogP contribution in [0.2, 0.25) is 5.02 Å². The molecule has 0 bridgehead atoms. The van der Waals surface area contributed by atoms with Crippen LogP contribution < -0.4 is 10.5 Å². The van der Waals surface area contributed by atoms with Gasteiger partial charge < -0.3 is 5.73 Å². The average molecular weight is 383 g/mol. The van der Waals surface area contributed by atoms with Crippen LogP contribution in [0.25, 0.3) is 0 Å². The van der Waals surface area contributed by atoms with Crippen LogP contribution in [-0.4, -0.2) is 13.4 Å². The van der Waals surface area contributed by atoms with Gasteiger partial charge in [-0.15, -0.1) is 11.3 Å². The molecular weight excluding hydrogens is 374 g/mol. The second kappa shape index (κ2) is 5.76. The van der Waals surface area contributed by atoms with Gasteiger partial charge in [0.25, 0.3) is 0 Å². The van der Waals surface area contributed by atoms with Gasteiger partial charge in [-0.05, 0) is 28.1 Å². The molecule has 0 unspecified atom stereocenters. The Bertz CT molecular complexity index is 689. The first-order valence-electron chi connectivity index (χ1n) is 5.01. The molecule has 0 atom stereocenters. The van der Waals surface area contributed by atoms with Gasteiger partial charge in [0.15, 0.2) is 0 Å². The smallest absolute Gasteiger partial charge is 0.242 e. The van der Waals surface area contributed by atoms with E-state index in [4.69, 9.17) is 17.3 Å². The molecule has 0 spiro atoms. The van der Waals surface area contributed by atoms with Gasteiger partial charge in [0.05, 0.1) is 27.1 Å². The van der Waals surface area contributed by atoms with Crippen LogP contribution in [0.5, 0.6) is 0 Å². The Kier molecular flexibility index (Phi) is 4.46. The lowest BCUT2D eigenvalue weighted by Crippen LogP contribution is -2.24. The molecule has 5 nitrogen and oxygen atoms in total. The molecule has 0 saturated heterocycles. The third kappa shape index (κ3) is 3.46. The summed E-state index contributed by atoms with van der Waals surface area (Å²) >= 11 is 10.4. The number of benzene rings is 1. The Morgan fingerprint density at radius 1 is 1.47 bits per heavy atom. The number of nitrogens with one attached hydrogen (secondary N) is 1. The minimum Gasteiger partial charge on any atom is -0.398 e. The van der Waals surface area contributed by atoms with Gasteiger partial charge in [-0.25, -0.2) is 18.1 Å². The third-order valence-electron chi connectivity index (χ3n) is 2.25. The van der Waals surface area contributed by atoms with E-state index in [1.165, 1.54) is 23.5 Å². The SMILES string of the molecule is Nc1cc(Cl)cc(S(=O)(=O)NCc2cscn2)c1Br. The van der Waals surface area contributed by atoms with Crippen molar-refractivity contribution in [2.24, 2.45) is 0 Å².